The molecule has 4 aromatic rings. The fourth-order valence-electron chi connectivity index (χ4n) is 7.19. The van der Waals surface area contributed by atoms with Crippen LogP contribution in [0, 0.1) is 11.8 Å². The molecule has 0 amide bonds. The maximum atomic E-state index is 5.70. The Balaban J connectivity index is 1.33. The summed E-state index contributed by atoms with van der Waals surface area (Å²) in [6, 6.07) is 19.6. The predicted molar refractivity (Wildman–Crippen MR) is 138 cm³/mol. The number of nitrogens with zero attached hydrogens (tertiary/aromatic N) is 3. The van der Waals surface area contributed by atoms with Crippen LogP contribution in [0.2, 0.25) is 0 Å². The van der Waals surface area contributed by atoms with E-state index in [4.69, 9.17) is 9.62 Å². The smallest absolute Gasteiger partial charge is 0.143 e. The molecule has 0 unspecified atom stereocenters. The van der Waals surface area contributed by atoms with Gasteiger partial charge in [0.1, 0.15) is 5.76 Å². The Morgan fingerprint density at radius 2 is 1.77 bits per heavy atom. The summed E-state index contributed by atoms with van der Waals surface area (Å²) in [6.07, 6.45) is 10.5. The monoisotopic (exact) mass is 463 g/mol. The topological polar surface area (TPSA) is 43.9 Å². The molecule has 3 atom stereocenters. The Morgan fingerprint density at radius 3 is 2.51 bits per heavy atom. The molecule has 7 rings (SSSR count). The van der Waals surface area contributed by atoms with Crippen LogP contribution in [0.15, 0.2) is 65.3 Å². The van der Waals surface area contributed by atoms with Gasteiger partial charge in [-0.2, -0.15) is 5.10 Å². The van der Waals surface area contributed by atoms with Gasteiger partial charge in [0, 0.05) is 22.6 Å². The molecule has 3 aliphatic carbocycles. The summed E-state index contributed by atoms with van der Waals surface area (Å²) in [4.78, 5) is 0. The highest BCUT2D eigenvalue weighted by molar-refractivity contribution is 5.64. The first-order chi connectivity index (χ1) is 17.1. The maximum absolute atomic E-state index is 5.70. The van der Waals surface area contributed by atoms with Crippen LogP contribution in [0.3, 0.4) is 0 Å². The van der Waals surface area contributed by atoms with Crippen LogP contribution in [-0.2, 0) is 24.7 Å². The van der Waals surface area contributed by atoms with Crippen LogP contribution < -0.4 is 0 Å². The van der Waals surface area contributed by atoms with Crippen molar-refractivity contribution in [3.63, 3.8) is 0 Å². The van der Waals surface area contributed by atoms with Gasteiger partial charge >= 0.3 is 0 Å². The Labute approximate surface area is 207 Å². The van der Waals surface area contributed by atoms with Crippen LogP contribution in [-0.4, -0.2) is 14.9 Å². The highest BCUT2D eigenvalue weighted by Crippen LogP contribution is 2.54. The Kier molecular flexibility index (Phi) is 4.80. The molecule has 4 nitrogen and oxygen atoms in total. The van der Waals surface area contributed by atoms with Gasteiger partial charge in [-0.3, -0.25) is 0 Å². The second-order valence-corrected chi connectivity index (χ2v) is 11.3. The zero-order valence-electron chi connectivity index (χ0n) is 20.7. The Bertz CT molecular complexity index is 1360. The zero-order chi connectivity index (χ0) is 23.6. The number of hydrogen-bond donors (Lipinski definition) is 0. The first-order valence-corrected chi connectivity index (χ1v) is 13.3. The Morgan fingerprint density at radius 1 is 1.00 bits per heavy atom. The van der Waals surface area contributed by atoms with E-state index in [0.29, 0.717) is 11.8 Å². The summed E-state index contributed by atoms with van der Waals surface area (Å²) in [5.41, 5.74) is 9.29. The molecule has 0 radical (unpaired) electrons. The van der Waals surface area contributed by atoms with Gasteiger partial charge in [-0.25, -0.2) is 4.68 Å². The van der Waals surface area contributed by atoms with Crippen molar-refractivity contribution in [2.24, 2.45) is 11.8 Å². The average Bonchev–Trinajstić information content (AvgIpc) is 3.47. The molecule has 2 aromatic carbocycles. The lowest BCUT2D eigenvalue weighted by Gasteiger charge is -2.46. The fourth-order valence-corrected chi connectivity index (χ4v) is 7.19. The van der Waals surface area contributed by atoms with Crippen molar-refractivity contribution in [2.75, 3.05) is 0 Å². The first kappa shape index (κ1) is 21.2. The van der Waals surface area contributed by atoms with Gasteiger partial charge < -0.3 is 4.52 Å². The molecule has 0 bridgehead atoms. The Hall–Kier alpha value is -3.14. The molecule has 35 heavy (non-hydrogen) atoms. The van der Waals surface area contributed by atoms with Gasteiger partial charge in [0.2, 0.25) is 0 Å². The molecule has 178 valence electrons. The van der Waals surface area contributed by atoms with E-state index in [-0.39, 0.29) is 5.41 Å². The van der Waals surface area contributed by atoms with E-state index < -0.39 is 0 Å². The molecule has 3 aliphatic rings. The van der Waals surface area contributed by atoms with Crippen molar-refractivity contribution in [3.05, 3.63) is 89.1 Å². The average molecular weight is 464 g/mol. The van der Waals surface area contributed by atoms with Crippen LogP contribution in [0.5, 0.6) is 0 Å². The first-order valence-electron chi connectivity index (χ1n) is 13.3. The second kappa shape index (κ2) is 7.94. The van der Waals surface area contributed by atoms with E-state index in [9.17, 15) is 0 Å². The van der Waals surface area contributed by atoms with Crippen LogP contribution >= 0.6 is 0 Å². The summed E-state index contributed by atoms with van der Waals surface area (Å²) in [5.74, 6) is 2.82. The summed E-state index contributed by atoms with van der Waals surface area (Å²) in [6.45, 7) is 4.77. The SMILES string of the molecule is C[C@H]1c2oncc2C[C@@]2(C)c3nn(-c4ccc(-c5ccccc5)cc4)c(CC4CCC4)c3CC[C@H]12. The normalized spacial score (nSPS) is 25.4. The van der Waals surface area contributed by atoms with E-state index >= 15 is 0 Å². The molecule has 1 saturated carbocycles. The third kappa shape index (κ3) is 3.26. The lowest BCUT2D eigenvalue weighted by molar-refractivity contribution is 0.172. The van der Waals surface area contributed by atoms with Gasteiger partial charge in [0.15, 0.2) is 0 Å². The third-order valence-electron chi connectivity index (χ3n) is 9.33. The number of aromatic nitrogens is 3. The molecule has 0 saturated heterocycles. The molecular formula is C31H33N3O. The lowest BCUT2D eigenvalue weighted by Crippen LogP contribution is -2.44. The van der Waals surface area contributed by atoms with E-state index in [0.717, 1.165) is 30.9 Å². The van der Waals surface area contributed by atoms with E-state index in [2.05, 4.69) is 78.3 Å². The third-order valence-corrected chi connectivity index (χ3v) is 9.33. The van der Waals surface area contributed by atoms with Crippen molar-refractivity contribution in [1.29, 1.82) is 0 Å². The maximum Gasteiger partial charge on any atom is 0.143 e. The molecule has 2 aromatic heterocycles. The quantitative estimate of drug-likeness (QED) is 0.326. The fraction of sp³-hybridized carbons (Fsp3) is 0.419. The minimum atomic E-state index is 0.0230. The van der Waals surface area contributed by atoms with E-state index in [1.54, 1.807) is 0 Å². The molecule has 2 heterocycles. The van der Waals surface area contributed by atoms with Crippen molar-refractivity contribution >= 4 is 0 Å². The van der Waals surface area contributed by atoms with Crippen molar-refractivity contribution in [2.45, 2.75) is 70.1 Å². The lowest BCUT2D eigenvalue weighted by atomic mass is 9.56. The van der Waals surface area contributed by atoms with Crippen LogP contribution in [0.1, 0.15) is 73.7 Å². The number of benzene rings is 2. The van der Waals surface area contributed by atoms with E-state index in [1.165, 1.54) is 65.0 Å². The van der Waals surface area contributed by atoms with E-state index in [1.807, 2.05) is 6.20 Å². The second-order valence-electron chi connectivity index (χ2n) is 11.3. The largest absolute Gasteiger partial charge is 0.361 e. The molecule has 0 N–H and O–H groups in total. The summed E-state index contributed by atoms with van der Waals surface area (Å²) < 4.78 is 8.00. The molecule has 4 heteroatoms. The van der Waals surface area contributed by atoms with Crippen molar-refractivity contribution in [1.82, 2.24) is 14.9 Å². The molecule has 0 aliphatic heterocycles. The molecule has 0 spiro atoms. The summed E-state index contributed by atoms with van der Waals surface area (Å²) in [7, 11) is 0. The van der Waals surface area contributed by atoms with Crippen LogP contribution in [0.4, 0.5) is 0 Å². The highest BCUT2D eigenvalue weighted by atomic mass is 16.5. The minimum Gasteiger partial charge on any atom is -0.361 e. The van der Waals surface area contributed by atoms with Gasteiger partial charge in [0.05, 0.1) is 17.6 Å². The number of fused-ring (bicyclic) bond motifs is 4. The van der Waals surface area contributed by atoms with Crippen molar-refractivity contribution in [3.8, 4) is 16.8 Å². The number of rotatable bonds is 4. The summed E-state index contributed by atoms with van der Waals surface area (Å²) in [5, 5.41) is 9.61. The molecular weight excluding hydrogens is 430 g/mol. The highest BCUT2D eigenvalue weighted by Gasteiger charge is 2.51. The van der Waals surface area contributed by atoms with Crippen molar-refractivity contribution < 1.29 is 4.52 Å². The van der Waals surface area contributed by atoms with Gasteiger partial charge in [-0.05, 0) is 66.3 Å². The predicted octanol–water partition coefficient (Wildman–Crippen LogP) is 7.05. The molecule has 1 fully saturated rings. The van der Waals surface area contributed by atoms with Gasteiger partial charge in [0.25, 0.3) is 0 Å². The summed E-state index contributed by atoms with van der Waals surface area (Å²) >= 11 is 0. The van der Waals surface area contributed by atoms with Gasteiger partial charge in [-0.1, -0.05) is 80.7 Å². The van der Waals surface area contributed by atoms with Gasteiger partial charge in [-0.15, -0.1) is 0 Å². The minimum absolute atomic E-state index is 0.0230. The number of hydrogen-bond acceptors (Lipinski definition) is 3. The standard InChI is InChI=1S/C31H33N3O/c1-20-27-16-15-26-28(17-21-7-6-8-21)34(25-13-11-23(12-14-25)22-9-4-3-5-10-22)33-30(26)31(27,2)18-24-19-32-35-29(20)24/h3-5,9-14,19-21,27H,6-8,15-18H2,1-2H3/t20-,27-,31-/m1/s1. The zero-order valence-corrected chi connectivity index (χ0v) is 20.7. The van der Waals surface area contributed by atoms with Crippen LogP contribution in [0.25, 0.3) is 16.8 Å².